The summed E-state index contributed by atoms with van der Waals surface area (Å²) in [7, 11) is 1.90. The summed E-state index contributed by atoms with van der Waals surface area (Å²) in [4.78, 5) is 13.5. The number of carbonyl (C=O) groups is 1. The molecule has 4 nitrogen and oxygen atoms in total. The van der Waals surface area contributed by atoms with Gasteiger partial charge >= 0.3 is 5.97 Å². The van der Waals surface area contributed by atoms with Crippen molar-refractivity contribution in [2.45, 2.75) is 51.1 Å². The second-order valence-electron chi connectivity index (χ2n) is 4.57. The van der Waals surface area contributed by atoms with Crippen molar-refractivity contribution in [2.75, 3.05) is 20.1 Å². The van der Waals surface area contributed by atoms with Gasteiger partial charge in [0, 0.05) is 6.04 Å². The fraction of sp³-hybridized carbons (Fsp3) is 0.917. The first-order valence-corrected chi connectivity index (χ1v) is 6.33. The van der Waals surface area contributed by atoms with Crippen molar-refractivity contribution in [1.82, 2.24) is 10.2 Å². The van der Waals surface area contributed by atoms with Crippen LogP contribution in [-0.2, 0) is 4.79 Å². The number of aliphatic carboxylic acids is 1. The van der Waals surface area contributed by atoms with Crippen LogP contribution in [0.25, 0.3) is 0 Å². The van der Waals surface area contributed by atoms with E-state index in [1.54, 1.807) is 0 Å². The minimum Gasteiger partial charge on any atom is -0.480 e. The van der Waals surface area contributed by atoms with Crippen molar-refractivity contribution in [3.63, 3.8) is 0 Å². The number of nitrogens with zero attached hydrogens (tertiary/aromatic N) is 1. The number of rotatable bonds is 9. The van der Waals surface area contributed by atoms with E-state index in [9.17, 15) is 9.90 Å². The molecule has 1 rings (SSSR count). The lowest BCUT2D eigenvalue weighted by atomic mass is 10.1. The van der Waals surface area contributed by atoms with Crippen molar-refractivity contribution in [3.8, 4) is 0 Å². The van der Waals surface area contributed by atoms with Crippen LogP contribution in [0.2, 0.25) is 0 Å². The van der Waals surface area contributed by atoms with Gasteiger partial charge in [-0.05, 0) is 52.2 Å². The molecule has 1 fully saturated rings. The Labute approximate surface area is 98.0 Å². The Morgan fingerprint density at radius 3 is 2.69 bits per heavy atom. The average molecular weight is 228 g/mol. The van der Waals surface area contributed by atoms with Crippen molar-refractivity contribution in [1.29, 1.82) is 0 Å². The van der Waals surface area contributed by atoms with Crippen LogP contribution in [-0.4, -0.2) is 48.2 Å². The van der Waals surface area contributed by atoms with Crippen LogP contribution in [0.15, 0.2) is 0 Å². The molecule has 0 heterocycles. The van der Waals surface area contributed by atoms with Gasteiger partial charge in [0.2, 0.25) is 0 Å². The molecular weight excluding hydrogens is 204 g/mol. The van der Waals surface area contributed by atoms with Crippen LogP contribution < -0.4 is 5.32 Å². The Morgan fingerprint density at radius 1 is 1.56 bits per heavy atom. The third-order valence-corrected chi connectivity index (χ3v) is 3.09. The lowest BCUT2D eigenvalue weighted by Gasteiger charge is -2.28. The third kappa shape index (κ3) is 4.10. The Kier molecular flexibility index (Phi) is 5.77. The molecule has 0 spiro atoms. The Morgan fingerprint density at radius 2 is 2.25 bits per heavy atom. The molecular formula is C12H24N2O2. The van der Waals surface area contributed by atoms with E-state index in [1.807, 2.05) is 7.05 Å². The SMILES string of the molecule is CCCN(C1CC1)C(CCCNC)C(=O)O. The molecule has 16 heavy (non-hydrogen) atoms. The molecule has 1 aliphatic carbocycles. The zero-order valence-corrected chi connectivity index (χ0v) is 10.4. The van der Waals surface area contributed by atoms with E-state index in [0.29, 0.717) is 6.04 Å². The summed E-state index contributed by atoms with van der Waals surface area (Å²) < 4.78 is 0. The van der Waals surface area contributed by atoms with Gasteiger partial charge in [-0.15, -0.1) is 0 Å². The largest absolute Gasteiger partial charge is 0.480 e. The molecule has 0 saturated heterocycles. The molecule has 4 heteroatoms. The highest BCUT2D eigenvalue weighted by Crippen LogP contribution is 2.30. The van der Waals surface area contributed by atoms with Crippen LogP contribution in [0.4, 0.5) is 0 Å². The number of hydrogen-bond acceptors (Lipinski definition) is 3. The van der Waals surface area contributed by atoms with Crippen LogP contribution in [0.5, 0.6) is 0 Å². The maximum atomic E-state index is 11.3. The fourth-order valence-corrected chi connectivity index (χ4v) is 2.16. The highest BCUT2D eigenvalue weighted by atomic mass is 16.4. The third-order valence-electron chi connectivity index (χ3n) is 3.09. The summed E-state index contributed by atoms with van der Waals surface area (Å²) in [5.41, 5.74) is 0. The van der Waals surface area contributed by atoms with Crippen LogP contribution in [0.3, 0.4) is 0 Å². The average Bonchev–Trinajstić information content (AvgIpc) is 3.05. The monoisotopic (exact) mass is 228 g/mol. The zero-order chi connectivity index (χ0) is 12.0. The summed E-state index contributed by atoms with van der Waals surface area (Å²) in [5, 5.41) is 12.4. The lowest BCUT2D eigenvalue weighted by molar-refractivity contribution is -0.144. The van der Waals surface area contributed by atoms with Gasteiger partial charge in [0.15, 0.2) is 0 Å². The first-order valence-electron chi connectivity index (χ1n) is 6.33. The molecule has 1 atom stereocenters. The van der Waals surface area contributed by atoms with Gasteiger partial charge in [-0.2, -0.15) is 0 Å². The molecule has 0 radical (unpaired) electrons. The lowest BCUT2D eigenvalue weighted by Crippen LogP contribution is -2.43. The van der Waals surface area contributed by atoms with Crippen LogP contribution >= 0.6 is 0 Å². The summed E-state index contributed by atoms with van der Waals surface area (Å²) in [6.45, 7) is 3.93. The maximum absolute atomic E-state index is 11.3. The minimum absolute atomic E-state index is 0.277. The van der Waals surface area contributed by atoms with Gasteiger partial charge in [-0.25, -0.2) is 0 Å². The predicted molar refractivity (Wildman–Crippen MR) is 64.6 cm³/mol. The van der Waals surface area contributed by atoms with Crippen molar-refractivity contribution < 1.29 is 9.90 Å². The van der Waals surface area contributed by atoms with Crippen molar-refractivity contribution >= 4 is 5.97 Å². The Hall–Kier alpha value is -0.610. The molecule has 0 aromatic rings. The van der Waals surface area contributed by atoms with E-state index in [1.165, 1.54) is 12.8 Å². The summed E-state index contributed by atoms with van der Waals surface area (Å²) in [5.74, 6) is -0.656. The van der Waals surface area contributed by atoms with E-state index in [4.69, 9.17) is 0 Å². The highest BCUT2D eigenvalue weighted by Gasteiger charge is 2.36. The molecule has 94 valence electrons. The van der Waals surface area contributed by atoms with Crippen molar-refractivity contribution in [2.24, 2.45) is 0 Å². The molecule has 0 aromatic heterocycles. The molecule has 1 saturated carbocycles. The predicted octanol–water partition coefficient (Wildman–Crippen LogP) is 1.31. The first kappa shape index (κ1) is 13.5. The van der Waals surface area contributed by atoms with Gasteiger partial charge in [0.1, 0.15) is 6.04 Å². The first-order chi connectivity index (χ1) is 7.70. The topological polar surface area (TPSA) is 52.6 Å². The van der Waals surface area contributed by atoms with E-state index in [-0.39, 0.29) is 6.04 Å². The maximum Gasteiger partial charge on any atom is 0.320 e. The van der Waals surface area contributed by atoms with Gasteiger partial charge in [-0.1, -0.05) is 6.92 Å². The van der Waals surface area contributed by atoms with Crippen LogP contribution in [0, 0.1) is 0 Å². The number of nitrogens with one attached hydrogen (secondary N) is 1. The number of carboxylic acids is 1. The minimum atomic E-state index is -0.656. The van der Waals surface area contributed by atoms with E-state index in [0.717, 1.165) is 32.4 Å². The second-order valence-corrected chi connectivity index (χ2v) is 4.57. The molecule has 0 bridgehead atoms. The standard InChI is InChI=1S/C12H24N2O2/c1-3-9-14(10-6-7-10)11(12(15)16)5-4-8-13-2/h10-11,13H,3-9H2,1-2H3,(H,15,16). The van der Waals surface area contributed by atoms with Crippen LogP contribution in [0.1, 0.15) is 39.0 Å². The van der Waals surface area contributed by atoms with E-state index >= 15 is 0 Å². The zero-order valence-electron chi connectivity index (χ0n) is 10.4. The van der Waals surface area contributed by atoms with Gasteiger partial charge in [0.25, 0.3) is 0 Å². The summed E-state index contributed by atoms with van der Waals surface area (Å²) >= 11 is 0. The molecule has 0 aromatic carbocycles. The molecule has 1 aliphatic rings. The number of carboxylic acid groups (broad SMARTS) is 1. The van der Waals surface area contributed by atoms with Crippen molar-refractivity contribution in [3.05, 3.63) is 0 Å². The van der Waals surface area contributed by atoms with E-state index < -0.39 is 5.97 Å². The Balaban J connectivity index is 2.47. The summed E-state index contributed by atoms with van der Waals surface area (Å²) in [6.07, 6.45) is 5.07. The Bertz CT molecular complexity index is 217. The summed E-state index contributed by atoms with van der Waals surface area (Å²) in [6, 6.07) is 0.261. The smallest absolute Gasteiger partial charge is 0.320 e. The van der Waals surface area contributed by atoms with Gasteiger partial charge in [-0.3, -0.25) is 9.69 Å². The number of hydrogen-bond donors (Lipinski definition) is 2. The second kappa shape index (κ2) is 6.86. The molecule has 1 unspecified atom stereocenters. The normalized spacial score (nSPS) is 17.7. The van der Waals surface area contributed by atoms with E-state index in [2.05, 4.69) is 17.1 Å². The quantitative estimate of drug-likeness (QED) is 0.584. The van der Waals surface area contributed by atoms with Gasteiger partial charge in [0.05, 0.1) is 0 Å². The molecule has 0 aliphatic heterocycles. The van der Waals surface area contributed by atoms with Gasteiger partial charge < -0.3 is 10.4 Å². The fourth-order valence-electron chi connectivity index (χ4n) is 2.16. The highest BCUT2D eigenvalue weighted by molar-refractivity contribution is 5.73. The molecule has 0 amide bonds. The molecule has 2 N–H and O–H groups in total.